The number of carbonyl (C=O) groups is 1. The molecular formula is C14H14ClN3O2. The van der Waals surface area contributed by atoms with Crippen LogP contribution in [-0.2, 0) is 11.2 Å². The number of hydrogen-bond acceptors (Lipinski definition) is 4. The van der Waals surface area contributed by atoms with Gasteiger partial charge in [0.15, 0.2) is 0 Å². The lowest BCUT2D eigenvalue weighted by atomic mass is 10.1. The van der Waals surface area contributed by atoms with Gasteiger partial charge >= 0.3 is 5.97 Å². The second-order valence-corrected chi connectivity index (χ2v) is 5.00. The molecular weight excluding hydrogens is 278 g/mol. The van der Waals surface area contributed by atoms with Gasteiger partial charge in [0.2, 0.25) is 0 Å². The maximum atomic E-state index is 11.7. The van der Waals surface area contributed by atoms with E-state index >= 15 is 0 Å². The van der Waals surface area contributed by atoms with Crippen LogP contribution in [0.15, 0.2) is 24.3 Å². The van der Waals surface area contributed by atoms with Gasteiger partial charge in [0.25, 0.3) is 5.82 Å². The maximum Gasteiger partial charge on any atom is 0.378 e. The van der Waals surface area contributed by atoms with Gasteiger partial charge in [0, 0.05) is 11.4 Å². The van der Waals surface area contributed by atoms with Crippen LogP contribution in [0.5, 0.6) is 0 Å². The molecule has 0 fully saturated rings. The first kappa shape index (κ1) is 13.1. The van der Waals surface area contributed by atoms with Crippen molar-refractivity contribution in [3.05, 3.63) is 46.5 Å². The fraction of sp³-hybridized carbons (Fsp3) is 0.357. The van der Waals surface area contributed by atoms with Crippen LogP contribution < -0.4 is 0 Å². The van der Waals surface area contributed by atoms with E-state index in [0.29, 0.717) is 11.6 Å². The number of fused-ring (bicyclic) bond motifs is 1. The molecule has 2 heterocycles. The quantitative estimate of drug-likeness (QED) is 0.816. The molecule has 0 aliphatic carbocycles. The third-order valence-electron chi connectivity index (χ3n) is 3.36. The summed E-state index contributed by atoms with van der Waals surface area (Å²) in [6.07, 6.45) is 1.67. The largest absolute Gasteiger partial charge is 0.460 e. The van der Waals surface area contributed by atoms with Gasteiger partial charge in [-0.3, -0.25) is 0 Å². The van der Waals surface area contributed by atoms with Crippen LogP contribution in [0.4, 0.5) is 0 Å². The molecule has 1 aliphatic rings. The van der Waals surface area contributed by atoms with E-state index in [0.717, 1.165) is 24.2 Å². The van der Waals surface area contributed by atoms with E-state index in [2.05, 4.69) is 10.1 Å². The highest BCUT2D eigenvalue weighted by Gasteiger charge is 2.30. The second-order valence-electron chi connectivity index (χ2n) is 4.59. The summed E-state index contributed by atoms with van der Waals surface area (Å²) in [5.74, 6) is 0.448. The highest BCUT2D eigenvalue weighted by atomic mass is 35.5. The Hall–Kier alpha value is -1.88. The average Bonchev–Trinajstić information content (AvgIpc) is 3.00. The van der Waals surface area contributed by atoms with Crippen molar-refractivity contribution >= 4 is 17.6 Å². The predicted molar refractivity (Wildman–Crippen MR) is 73.9 cm³/mol. The zero-order chi connectivity index (χ0) is 14.1. The van der Waals surface area contributed by atoms with Crippen LogP contribution in [0.25, 0.3) is 0 Å². The Morgan fingerprint density at radius 3 is 3.05 bits per heavy atom. The number of aryl methyl sites for hydroxylation is 1. The zero-order valence-corrected chi connectivity index (χ0v) is 11.8. The first-order valence-electron chi connectivity index (χ1n) is 6.57. The summed E-state index contributed by atoms with van der Waals surface area (Å²) in [6.45, 7) is 2.07. The van der Waals surface area contributed by atoms with Crippen LogP contribution in [0.3, 0.4) is 0 Å². The first-order chi connectivity index (χ1) is 9.70. The summed E-state index contributed by atoms with van der Waals surface area (Å²) in [7, 11) is 0. The molecule has 0 bridgehead atoms. The van der Waals surface area contributed by atoms with Crippen molar-refractivity contribution in [3.8, 4) is 0 Å². The Morgan fingerprint density at radius 1 is 1.50 bits per heavy atom. The molecule has 1 aliphatic heterocycles. The standard InChI is InChI=1S/C14H14ClN3O2/c1-2-20-14(19)13-16-12-8-7-11(18(12)17-13)9-5-3-4-6-10(9)15/h3-6,11H,2,7-8H2,1H3/t11-/m0/s1. The van der Waals surface area contributed by atoms with Crippen LogP contribution in [0.1, 0.15) is 41.4 Å². The highest BCUT2D eigenvalue weighted by Crippen LogP contribution is 2.34. The van der Waals surface area contributed by atoms with Crippen LogP contribution >= 0.6 is 11.6 Å². The Kier molecular flexibility index (Phi) is 3.44. The molecule has 0 spiro atoms. The molecule has 6 heteroatoms. The van der Waals surface area contributed by atoms with Crippen molar-refractivity contribution in [2.45, 2.75) is 25.8 Å². The van der Waals surface area contributed by atoms with Crippen molar-refractivity contribution < 1.29 is 9.53 Å². The molecule has 0 unspecified atom stereocenters. The summed E-state index contributed by atoms with van der Waals surface area (Å²) in [4.78, 5) is 15.9. The Bertz CT molecular complexity index is 654. The van der Waals surface area contributed by atoms with Crippen molar-refractivity contribution in [3.63, 3.8) is 0 Å². The van der Waals surface area contributed by atoms with Gasteiger partial charge in [-0.15, -0.1) is 5.10 Å². The minimum absolute atomic E-state index is 0.0365. The van der Waals surface area contributed by atoms with E-state index in [4.69, 9.17) is 16.3 Å². The molecule has 0 radical (unpaired) electrons. The van der Waals surface area contributed by atoms with E-state index in [1.165, 1.54) is 0 Å². The fourth-order valence-corrected chi connectivity index (χ4v) is 2.74. The lowest BCUT2D eigenvalue weighted by Crippen LogP contribution is -2.11. The third kappa shape index (κ3) is 2.18. The Labute approximate surface area is 121 Å². The number of carbonyl (C=O) groups excluding carboxylic acids is 1. The summed E-state index contributed by atoms with van der Waals surface area (Å²) >= 11 is 6.24. The number of esters is 1. The number of hydrogen-bond donors (Lipinski definition) is 0. The minimum atomic E-state index is -0.479. The molecule has 0 saturated heterocycles. The Morgan fingerprint density at radius 2 is 2.30 bits per heavy atom. The summed E-state index contributed by atoms with van der Waals surface area (Å²) in [6, 6.07) is 7.72. The number of halogens is 1. The molecule has 2 aromatic rings. The average molecular weight is 292 g/mol. The molecule has 0 amide bonds. The summed E-state index contributed by atoms with van der Waals surface area (Å²) in [5, 5.41) is 4.99. The monoisotopic (exact) mass is 291 g/mol. The number of rotatable bonds is 3. The highest BCUT2D eigenvalue weighted by molar-refractivity contribution is 6.31. The van der Waals surface area contributed by atoms with Gasteiger partial charge in [-0.1, -0.05) is 29.8 Å². The lowest BCUT2D eigenvalue weighted by molar-refractivity contribution is 0.0511. The van der Waals surface area contributed by atoms with E-state index in [9.17, 15) is 4.79 Å². The number of aromatic nitrogens is 3. The van der Waals surface area contributed by atoms with Crippen LogP contribution in [0, 0.1) is 0 Å². The maximum absolute atomic E-state index is 11.7. The molecule has 0 N–H and O–H groups in total. The van der Waals surface area contributed by atoms with Gasteiger partial charge in [-0.25, -0.2) is 14.5 Å². The van der Waals surface area contributed by atoms with E-state index in [1.54, 1.807) is 11.6 Å². The SMILES string of the molecule is CCOC(=O)c1nc2n(n1)[C@H](c1ccccc1Cl)CC2. The van der Waals surface area contributed by atoms with Gasteiger partial charge in [-0.05, 0) is 25.0 Å². The van der Waals surface area contributed by atoms with Gasteiger partial charge in [0.05, 0.1) is 12.6 Å². The van der Waals surface area contributed by atoms with Crippen molar-refractivity contribution in [2.24, 2.45) is 0 Å². The number of ether oxygens (including phenoxy) is 1. The van der Waals surface area contributed by atoms with Crippen LogP contribution in [0.2, 0.25) is 5.02 Å². The smallest absolute Gasteiger partial charge is 0.378 e. The fourth-order valence-electron chi connectivity index (χ4n) is 2.48. The van der Waals surface area contributed by atoms with Crippen LogP contribution in [-0.4, -0.2) is 27.3 Å². The first-order valence-corrected chi connectivity index (χ1v) is 6.95. The number of benzene rings is 1. The van der Waals surface area contributed by atoms with E-state index in [1.807, 2.05) is 24.3 Å². The molecule has 20 heavy (non-hydrogen) atoms. The van der Waals surface area contributed by atoms with E-state index < -0.39 is 5.97 Å². The van der Waals surface area contributed by atoms with Crippen molar-refractivity contribution in [1.82, 2.24) is 14.8 Å². The normalized spacial score (nSPS) is 17.0. The molecule has 5 nitrogen and oxygen atoms in total. The van der Waals surface area contributed by atoms with Crippen molar-refractivity contribution in [2.75, 3.05) is 6.61 Å². The van der Waals surface area contributed by atoms with Gasteiger partial charge in [-0.2, -0.15) is 0 Å². The summed E-state index contributed by atoms with van der Waals surface area (Å²) in [5.41, 5.74) is 1.01. The van der Waals surface area contributed by atoms with Gasteiger partial charge < -0.3 is 4.74 Å². The van der Waals surface area contributed by atoms with Crippen molar-refractivity contribution in [1.29, 1.82) is 0 Å². The number of nitrogens with zero attached hydrogens (tertiary/aromatic N) is 3. The summed E-state index contributed by atoms with van der Waals surface area (Å²) < 4.78 is 6.71. The third-order valence-corrected chi connectivity index (χ3v) is 3.70. The minimum Gasteiger partial charge on any atom is -0.460 e. The van der Waals surface area contributed by atoms with E-state index in [-0.39, 0.29) is 11.9 Å². The zero-order valence-electron chi connectivity index (χ0n) is 11.0. The Balaban J connectivity index is 1.94. The molecule has 0 saturated carbocycles. The topological polar surface area (TPSA) is 57.0 Å². The molecule has 1 aromatic heterocycles. The second kappa shape index (κ2) is 5.25. The molecule has 104 valence electrons. The molecule has 1 aromatic carbocycles. The lowest BCUT2D eigenvalue weighted by Gasteiger charge is -2.13. The van der Waals surface area contributed by atoms with Gasteiger partial charge in [0.1, 0.15) is 5.82 Å². The molecule has 3 rings (SSSR count). The molecule has 1 atom stereocenters. The predicted octanol–water partition coefficient (Wildman–Crippen LogP) is 2.64.